The van der Waals surface area contributed by atoms with Gasteiger partial charge in [0.1, 0.15) is 0 Å². The lowest BCUT2D eigenvalue weighted by Gasteiger charge is -2.14. The standard InChI is InChI=1S/C19H29NO5S/c1-14(2)7-5-8-15(3)20-18(21)12-25-19(22)17-10-6-9-16(11-17)13-26(4,23)24/h6,9-11,14-15H,5,7-8,12-13H2,1-4H3,(H,20,21). The minimum atomic E-state index is -3.19. The van der Waals surface area contributed by atoms with E-state index >= 15 is 0 Å². The molecular formula is C19H29NO5S. The Morgan fingerprint density at radius 3 is 2.46 bits per heavy atom. The number of carbonyl (C=O) groups excluding carboxylic acids is 2. The van der Waals surface area contributed by atoms with Gasteiger partial charge in [0, 0.05) is 12.3 Å². The fourth-order valence-electron chi connectivity index (χ4n) is 2.53. The molecule has 0 spiro atoms. The Morgan fingerprint density at radius 1 is 1.15 bits per heavy atom. The third-order valence-electron chi connectivity index (χ3n) is 3.75. The molecule has 1 N–H and O–H groups in total. The second-order valence-electron chi connectivity index (χ2n) is 7.14. The summed E-state index contributed by atoms with van der Waals surface area (Å²) in [6.45, 7) is 5.89. The van der Waals surface area contributed by atoms with Gasteiger partial charge in [0.25, 0.3) is 5.91 Å². The largest absolute Gasteiger partial charge is 0.452 e. The van der Waals surface area contributed by atoms with Gasteiger partial charge in [-0.1, -0.05) is 38.8 Å². The van der Waals surface area contributed by atoms with Crippen molar-refractivity contribution in [3.05, 3.63) is 35.4 Å². The van der Waals surface area contributed by atoms with E-state index in [2.05, 4.69) is 19.2 Å². The minimum absolute atomic E-state index is 0.0260. The van der Waals surface area contributed by atoms with E-state index < -0.39 is 15.8 Å². The molecule has 0 aromatic heterocycles. The molecule has 1 aromatic carbocycles. The summed E-state index contributed by atoms with van der Waals surface area (Å²) in [4.78, 5) is 23.9. The van der Waals surface area contributed by atoms with E-state index in [9.17, 15) is 18.0 Å². The van der Waals surface area contributed by atoms with Gasteiger partial charge >= 0.3 is 5.97 Å². The lowest BCUT2D eigenvalue weighted by molar-refractivity contribution is -0.124. The number of carbonyl (C=O) groups is 2. The Bertz CT molecular complexity index is 712. The summed E-state index contributed by atoms with van der Waals surface area (Å²) in [5.74, 6) is -0.509. The molecule has 146 valence electrons. The van der Waals surface area contributed by atoms with Crippen LogP contribution in [-0.2, 0) is 25.1 Å². The molecule has 0 saturated heterocycles. The number of esters is 1. The second-order valence-corrected chi connectivity index (χ2v) is 9.28. The second kappa shape index (κ2) is 10.3. The van der Waals surface area contributed by atoms with Gasteiger partial charge in [-0.2, -0.15) is 0 Å². The molecule has 0 fully saturated rings. The van der Waals surface area contributed by atoms with Gasteiger partial charge in [-0.15, -0.1) is 0 Å². The Kier molecular flexibility index (Phi) is 8.78. The van der Waals surface area contributed by atoms with E-state index in [1.807, 2.05) is 6.92 Å². The average Bonchev–Trinajstić information content (AvgIpc) is 2.50. The fraction of sp³-hybridized carbons (Fsp3) is 0.579. The van der Waals surface area contributed by atoms with Gasteiger partial charge in [0.2, 0.25) is 0 Å². The number of rotatable bonds is 10. The monoisotopic (exact) mass is 383 g/mol. The maximum Gasteiger partial charge on any atom is 0.338 e. The highest BCUT2D eigenvalue weighted by molar-refractivity contribution is 7.89. The van der Waals surface area contributed by atoms with E-state index in [1.54, 1.807) is 12.1 Å². The van der Waals surface area contributed by atoms with Gasteiger partial charge in [-0.05, 0) is 37.0 Å². The zero-order valence-electron chi connectivity index (χ0n) is 15.9. The molecule has 1 unspecified atom stereocenters. The zero-order chi connectivity index (χ0) is 19.7. The molecule has 1 aromatic rings. The zero-order valence-corrected chi connectivity index (χ0v) is 16.8. The molecule has 26 heavy (non-hydrogen) atoms. The molecule has 6 nitrogen and oxygen atoms in total. The highest BCUT2D eigenvalue weighted by atomic mass is 32.2. The number of amides is 1. The number of benzene rings is 1. The van der Waals surface area contributed by atoms with Crippen LogP contribution < -0.4 is 5.32 Å². The first-order valence-electron chi connectivity index (χ1n) is 8.80. The van der Waals surface area contributed by atoms with Gasteiger partial charge in [-0.25, -0.2) is 13.2 Å². The summed E-state index contributed by atoms with van der Waals surface area (Å²) in [7, 11) is -3.19. The van der Waals surface area contributed by atoms with Gasteiger partial charge in [0.15, 0.2) is 16.4 Å². The van der Waals surface area contributed by atoms with E-state index in [4.69, 9.17) is 4.74 Å². The molecule has 0 radical (unpaired) electrons. The van der Waals surface area contributed by atoms with Crippen molar-refractivity contribution >= 4 is 21.7 Å². The van der Waals surface area contributed by atoms with Crippen LogP contribution in [0.5, 0.6) is 0 Å². The summed E-state index contributed by atoms with van der Waals surface area (Å²) in [6, 6.07) is 6.24. The number of ether oxygens (including phenoxy) is 1. The van der Waals surface area contributed by atoms with Crippen LogP contribution in [-0.4, -0.2) is 39.2 Å². The van der Waals surface area contributed by atoms with Crippen molar-refractivity contribution in [2.24, 2.45) is 5.92 Å². The van der Waals surface area contributed by atoms with E-state index in [1.165, 1.54) is 12.1 Å². The molecule has 1 rings (SSSR count). The summed E-state index contributed by atoms with van der Waals surface area (Å²) in [5.41, 5.74) is 0.731. The Labute approximate surface area is 156 Å². The number of sulfone groups is 1. The van der Waals surface area contributed by atoms with E-state index in [0.717, 1.165) is 25.5 Å². The topological polar surface area (TPSA) is 89.5 Å². The predicted molar refractivity (Wildman–Crippen MR) is 102 cm³/mol. The molecule has 0 aliphatic rings. The first-order chi connectivity index (χ1) is 12.1. The summed E-state index contributed by atoms with van der Waals surface area (Å²) < 4.78 is 27.7. The van der Waals surface area contributed by atoms with Crippen LogP contribution in [0, 0.1) is 5.92 Å². The summed E-state index contributed by atoms with van der Waals surface area (Å²) in [5, 5.41) is 2.81. The van der Waals surface area contributed by atoms with Gasteiger partial charge in [-0.3, -0.25) is 4.79 Å². The van der Waals surface area contributed by atoms with Crippen LogP contribution in [0.3, 0.4) is 0 Å². The van der Waals surface area contributed by atoms with Crippen LogP contribution in [0.4, 0.5) is 0 Å². The lowest BCUT2D eigenvalue weighted by Crippen LogP contribution is -2.35. The SMILES string of the molecule is CC(C)CCCC(C)NC(=O)COC(=O)c1cccc(CS(C)(=O)=O)c1. The molecule has 0 saturated carbocycles. The van der Waals surface area contributed by atoms with Crippen LogP contribution in [0.25, 0.3) is 0 Å². The predicted octanol–water partition coefficient (Wildman–Crippen LogP) is 2.72. The number of hydrogen-bond acceptors (Lipinski definition) is 5. The van der Waals surface area contributed by atoms with Crippen LogP contribution in [0.2, 0.25) is 0 Å². The van der Waals surface area contributed by atoms with Crippen molar-refractivity contribution in [2.45, 2.75) is 51.8 Å². The van der Waals surface area contributed by atoms with Crippen molar-refractivity contribution in [1.82, 2.24) is 5.32 Å². The number of nitrogens with one attached hydrogen (secondary N) is 1. The highest BCUT2D eigenvalue weighted by Crippen LogP contribution is 2.10. The van der Waals surface area contributed by atoms with Gasteiger partial charge < -0.3 is 10.1 Å². The fourth-order valence-corrected chi connectivity index (χ4v) is 3.31. The van der Waals surface area contributed by atoms with E-state index in [0.29, 0.717) is 11.5 Å². The molecule has 0 bridgehead atoms. The quantitative estimate of drug-likeness (QED) is 0.628. The molecule has 0 aliphatic carbocycles. The molecule has 0 heterocycles. The van der Waals surface area contributed by atoms with Crippen LogP contribution in [0.15, 0.2) is 24.3 Å². The van der Waals surface area contributed by atoms with Crippen LogP contribution >= 0.6 is 0 Å². The Morgan fingerprint density at radius 2 is 1.85 bits per heavy atom. The summed E-state index contributed by atoms with van der Waals surface area (Å²) >= 11 is 0. The van der Waals surface area contributed by atoms with E-state index in [-0.39, 0.29) is 29.9 Å². The third-order valence-corrected chi connectivity index (χ3v) is 4.61. The number of hydrogen-bond donors (Lipinski definition) is 1. The van der Waals surface area contributed by atoms with Crippen LogP contribution in [0.1, 0.15) is 56.0 Å². The highest BCUT2D eigenvalue weighted by Gasteiger charge is 2.13. The molecule has 1 atom stereocenters. The maximum absolute atomic E-state index is 12.0. The normalized spacial score (nSPS) is 12.7. The average molecular weight is 384 g/mol. The summed E-state index contributed by atoms with van der Waals surface area (Å²) in [6.07, 6.45) is 4.15. The third kappa shape index (κ3) is 9.56. The first kappa shape index (κ1) is 22.2. The molecule has 7 heteroatoms. The molecular weight excluding hydrogens is 354 g/mol. The van der Waals surface area contributed by atoms with Crippen molar-refractivity contribution in [3.63, 3.8) is 0 Å². The van der Waals surface area contributed by atoms with Crippen molar-refractivity contribution in [2.75, 3.05) is 12.9 Å². The maximum atomic E-state index is 12.0. The van der Waals surface area contributed by atoms with Crippen molar-refractivity contribution < 1.29 is 22.7 Å². The lowest BCUT2D eigenvalue weighted by atomic mass is 10.0. The minimum Gasteiger partial charge on any atom is -0.452 e. The smallest absolute Gasteiger partial charge is 0.338 e. The first-order valence-corrected chi connectivity index (χ1v) is 10.9. The Balaban J connectivity index is 2.46. The molecule has 1 amide bonds. The van der Waals surface area contributed by atoms with Gasteiger partial charge in [0.05, 0.1) is 11.3 Å². The van der Waals surface area contributed by atoms with Crippen molar-refractivity contribution in [1.29, 1.82) is 0 Å². The van der Waals surface area contributed by atoms with Crippen molar-refractivity contribution in [3.8, 4) is 0 Å². The Hall–Kier alpha value is -1.89. The molecule has 0 aliphatic heterocycles.